The van der Waals surface area contributed by atoms with Crippen molar-refractivity contribution in [1.29, 1.82) is 0 Å². The van der Waals surface area contributed by atoms with E-state index in [0.717, 1.165) is 0 Å². The highest BCUT2D eigenvalue weighted by Crippen LogP contribution is 2.24. The van der Waals surface area contributed by atoms with Gasteiger partial charge in [-0.15, -0.1) is 10.2 Å². The summed E-state index contributed by atoms with van der Waals surface area (Å²) in [6.07, 6.45) is 0.0260. The summed E-state index contributed by atoms with van der Waals surface area (Å²) in [6.45, 7) is 3.79. The van der Waals surface area contributed by atoms with Gasteiger partial charge in [0.25, 0.3) is 0 Å². The Labute approximate surface area is 143 Å². The molecule has 0 N–H and O–H groups in total. The van der Waals surface area contributed by atoms with Gasteiger partial charge in [-0.3, -0.25) is 9.59 Å². The van der Waals surface area contributed by atoms with E-state index in [1.54, 1.807) is 25.5 Å². The topological polar surface area (TPSA) is 74.1 Å². The predicted octanol–water partition coefficient (Wildman–Crippen LogP) is 2.42. The fourth-order valence-electron chi connectivity index (χ4n) is 2.00. The number of ketones is 1. The third-order valence-electron chi connectivity index (χ3n) is 3.31. The monoisotopic (exact) mass is 351 g/mol. The summed E-state index contributed by atoms with van der Waals surface area (Å²) in [7, 11) is 1.73. The van der Waals surface area contributed by atoms with E-state index in [-0.39, 0.29) is 24.0 Å². The van der Waals surface area contributed by atoms with Crippen LogP contribution in [0.15, 0.2) is 29.4 Å². The number of Topliss-reactive ketones (excluding diaryl/α,β-unsaturated/α-hetero) is 1. The van der Waals surface area contributed by atoms with Crippen molar-refractivity contribution in [3.05, 3.63) is 41.5 Å². The van der Waals surface area contributed by atoms with Gasteiger partial charge >= 0.3 is 5.97 Å². The van der Waals surface area contributed by atoms with Crippen LogP contribution in [-0.4, -0.2) is 38.4 Å². The fourth-order valence-corrected chi connectivity index (χ4v) is 2.91. The van der Waals surface area contributed by atoms with Crippen molar-refractivity contribution in [2.45, 2.75) is 30.7 Å². The van der Waals surface area contributed by atoms with Crippen LogP contribution in [0.5, 0.6) is 0 Å². The average Bonchev–Trinajstić information content (AvgIpc) is 2.88. The summed E-state index contributed by atoms with van der Waals surface area (Å²) >= 11 is 1.23. The molecule has 8 heteroatoms. The first-order valence-corrected chi connectivity index (χ1v) is 8.30. The average molecular weight is 351 g/mol. The highest BCUT2D eigenvalue weighted by atomic mass is 32.2. The number of rotatable bonds is 7. The number of carbonyl (C=O) groups excluding carboxylic acids is 2. The minimum absolute atomic E-state index is 0.0260. The van der Waals surface area contributed by atoms with Crippen molar-refractivity contribution in [3.8, 4) is 0 Å². The molecule has 0 aliphatic rings. The highest BCUT2D eigenvalue weighted by Gasteiger charge is 2.21. The Hall–Kier alpha value is -2.22. The first-order valence-electron chi connectivity index (χ1n) is 7.42. The molecule has 1 atom stereocenters. The van der Waals surface area contributed by atoms with Crippen molar-refractivity contribution < 1.29 is 18.7 Å². The maximum atomic E-state index is 12.9. The molecule has 2 rings (SSSR count). The summed E-state index contributed by atoms with van der Waals surface area (Å²) in [6, 6.07) is 5.42. The van der Waals surface area contributed by atoms with Crippen LogP contribution in [0.2, 0.25) is 0 Å². The lowest BCUT2D eigenvalue weighted by atomic mass is 10.1. The largest absolute Gasteiger partial charge is 0.466 e. The van der Waals surface area contributed by atoms with Gasteiger partial charge in [0.05, 0.1) is 11.9 Å². The van der Waals surface area contributed by atoms with Gasteiger partial charge in [-0.05, 0) is 38.1 Å². The Kier molecular flexibility index (Phi) is 6.08. The van der Waals surface area contributed by atoms with Crippen molar-refractivity contribution >= 4 is 23.5 Å². The second kappa shape index (κ2) is 8.05. The quantitative estimate of drug-likeness (QED) is 0.433. The normalized spacial score (nSPS) is 12.0. The number of hydrogen-bond acceptors (Lipinski definition) is 6. The van der Waals surface area contributed by atoms with Gasteiger partial charge in [0.1, 0.15) is 18.1 Å². The van der Waals surface area contributed by atoms with Gasteiger partial charge in [0.15, 0.2) is 10.9 Å². The zero-order chi connectivity index (χ0) is 17.7. The summed E-state index contributed by atoms with van der Waals surface area (Å²) in [5, 5.41) is 8.08. The zero-order valence-corrected chi connectivity index (χ0v) is 14.5. The second-order valence-corrected chi connectivity index (χ2v) is 6.38. The van der Waals surface area contributed by atoms with Crippen LogP contribution >= 0.6 is 11.8 Å². The van der Waals surface area contributed by atoms with E-state index in [4.69, 9.17) is 4.74 Å². The first kappa shape index (κ1) is 18.1. The van der Waals surface area contributed by atoms with Gasteiger partial charge in [0, 0.05) is 12.6 Å². The van der Waals surface area contributed by atoms with Gasteiger partial charge in [-0.1, -0.05) is 11.8 Å². The Bertz CT molecular complexity index is 731. The summed E-state index contributed by atoms with van der Waals surface area (Å²) in [4.78, 5) is 23.9. The number of carbonyl (C=O) groups is 2. The Morgan fingerprint density at radius 2 is 1.96 bits per heavy atom. The van der Waals surface area contributed by atoms with Crippen LogP contribution in [0.25, 0.3) is 0 Å². The van der Waals surface area contributed by atoms with Crippen LogP contribution < -0.4 is 0 Å². The van der Waals surface area contributed by atoms with Crippen LogP contribution in [-0.2, 0) is 23.0 Å². The van der Waals surface area contributed by atoms with E-state index in [1.807, 2.05) is 0 Å². The number of halogens is 1. The Morgan fingerprint density at radius 3 is 2.58 bits per heavy atom. The van der Waals surface area contributed by atoms with Gasteiger partial charge in [-0.25, -0.2) is 4.39 Å². The Balaban J connectivity index is 2.05. The molecule has 0 amide bonds. The Morgan fingerprint density at radius 1 is 1.29 bits per heavy atom. The van der Waals surface area contributed by atoms with Crippen LogP contribution in [0.1, 0.15) is 30.0 Å². The molecule has 24 heavy (non-hydrogen) atoms. The minimum Gasteiger partial charge on any atom is -0.466 e. The molecule has 1 heterocycles. The lowest BCUT2D eigenvalue weighted by Gasteiger charge is -2.10. The highest BCUT2D eigenvalue weighted by molar-refractivity contribution is 8.00. The standard InChI is InChI=1S/C16H18FN3O3S/c1-4-23-14(21)9-13-18-19-16(20(13)3)24-10(2)15(22)11-5-7-12(17)8-6-11/h5-8,10H,4,9H2,1-3H3/t10-/m1/s1. The lowest BCUT2D eigenvalue weighted by molar-refractivity contribution is -0.142. The van der Waals surface area contributed by atoms with Crippen LogP contribution in [0.3, 0.4) is 0 Å². The molecule has 0 unspecified atom stereocenters. The third-order valence-corrected chi connectivity index (χ3v) is 4.45. The number of nitrogens with zero attached hydrogens (tertiary/aromatic N) is 3. The number of benzene rings is 1. The fraction of sp³-hybridized carbons (Fsp3) is 0.375. The SMILES string of the molecule is CCOC(=O)Cc1nnc(S[C@H](C)C(=O)c2ccc(F)cc2)n1C. The first-order chi connectivity index (χ1) is 11.4. The van der Waals surface area contributed by atoms with Gasteiger partial charge in [0.2, 0.25) is 0 Å². The maximum absolute atomic E-state index is 12.9. The molecular formula is C16H18FN3O3S. The van der Waals surface area contributed by atoms with E-state index < -0.39 is 5.25 Å². The predicted molar refractivity (Wildman–Crippen MR) is 87.4 cm³/mol. The van der Waals surface area contributed by atoms with E-state index in [2.05, 4.69) is 10.2 Å². The molecular weight excluding hydrogens is 333 g/mol. The maximum Gasteiger partial charge on any atom is 0.313 e. The molecule has 128 valence electrons. The molecule has 2 aromatic rings. The van der Waals surface area contributed by atoms with Crippen molar-refractivity contribution in [3.63, 3.8) is 0 Å². The van der Waals surface area contributed by atoms with E-state index in [1.165, 1.54) is 36.0 Å². The minimum atomic E-state index is -0.422. The van der Waals surface area contributed by atoms with E-state index >= 15 is 0 Å². The third kappa shape index (κ3) is 4.41. The number of ether oxygens (including phenoxy) is 1. The van der Waals surface area contributed by atoms with E-state index in [0.29, 0.717) is 23.2 Å². The summed E-state index contributed by atoms with van der Waals surface area (Å²) in [5.41, 5.74) is 0.435. The molecule has 0 radical (unpaired) electrons. The molecule has 6 nitrogen and oxygen atoms in total. The smallest absolute Gasteiger partial charge is 0.313 e. The number of aromatic nitrogens is 3. The molecule has 0 saturated heterocycles. The zero-order valence-electron chi connectivity index (χ0n) is 13.7. The molecule has 1 aromatic carbocycles. The molecule has 0 bridgehead atoms. The molecule has 0 aliphatic carbocycles. The van der Waals surface area contributed by atoms with Crippen LogP contribution in [0, 0.1) is 5.82 Å². The second-order valence-electron chi connectivity index (χ2n) is 5.07. The van der Waals surface area contributed by atoms with Crippen molar-refractivity contribution in [2.75, 3.05) is 6.61 Å². The molecule has 0 fully saturated rings. The molecule has 1 aromatic heterocycles. The number of hydrogen-bond donors (Lipinski definition) is 0. The number of esters is 1. The molecule has 0 spiro atoms. The summed E-state index contributed by atoms with van der Waals surface area (Å²) in [5.74, 6) is -0.420. The van der Waals surface area contributed by atoms with Crippen LogP contribution in [0.4, 0.5) is 4.39 Å². The molecule has 0 aliphatic heterocycles. The van der Waals surface area contributed by atoms with Gasteiger partial charge in [-0.2, -0.15) is 0 Å². The van der Waals surface area contributed by atoms with Crippen molar-refractivity contribution in [1.82, 2.24) is 14.8 Å². The van der Waals surface area contributed by atoms with Crippen molar-refractivity contribution in [2.24, 2.45) is 7.05 Å². The lowest BCUT2D eigenvalue weighted by Crippen LogP contribution is -2.15. The van der Waals surface area contributed by atoms with E-state index in [9.17, 15) is 14.0 Å². The molecule has 0 saturated carbocycles. The number of thioether (sulfide) groups is 1. The summed E-state index contributed by atoms with van der Waals surface area (Å²) < 4.78 is 19.5. The van der Waals surface area contributed by atoms with Gasteiger partial charge < -0.3 is 9.30 Å².